The standard InChI is InChI=1S/C33H29FP/c34-30-24-21-27(22-25-30)20-23-28-12-10-11-13-29(28)26-35(31-14-4-1-5-15-31,32-16-6-2-7-17-32)33-18-8-3-9-19-33/h1-19,21-22,24-25H,20,23,26H2/q+1. The van der Waals surface area contributed by atoms with Crippen LogP contribution in [0.5, 0.6) is 0 Å². The van der Waals surface area contributed by atoms with Crippen molar-refractivity contribution in [1.29, 1.82) is 0 Å². The summed E-state index contributed by atoms with van der Waals surface area (Å²) < 4.78 is 13.4. The van der Waals surface area contributed by atoms with Gasteiger partial charge in [-0.2, -0.15) is 0 Å². The van der Waals surface area contributed by atoms with Crippen molar-refractivity contribution in [2.24, 2.45) is 0 Å². The molecule has 5 rings (SSSR count). The van der Waals surface area contributed by atoms with Crippen LogP contribution in [0, 0.1) is 5.82 Å². The van der Waals surface area contributed by atoms with E-state index in [2.05, 4.69) is 115 Å². The summed E-state index contributed by atoms with van der Waals surface area (Å²) >= 11 is 0. The maximum atomic E-state index is 13.4. The first-order valence-corrected chi connectivity index (χ1v) is 14.1. The monoisotopic (exact) mass is 475 g/mol. The van der Waals surface area contributed by atoms with Gasteiger partial charge in [-0.05, 0) is 78.1 Å². The Morgan fingerprint density at radius 1 is 0.429 bits per heavy atom. The molecule has 0 saturated heterocycles. The number of aryl methyl sites for hydroxylation is 2. The number of hydrogen-bond acceptors (Lipinski definition) is 0. The lowest BCUT2D eigenvalue weighted by Gasteiger charge is -2.28. The molecule has 0 heterocycles. The number of benzene rings is 5. The highest BCUT2D eigenvalue weighted by molar-refractivity contribution is 7.95. The molecule has 0 atom stereocenters. The molecule has 0 bridgehead atoms. The lowest BCUT2D eigenvalue weighted by molar-refractivity contribution is 0.627. The molecular formula is C33H29FP+. The Morgan fingerprint density at radius 2 is 0.857 bits per heavy atom. The van der Waals surface area contributed by atoms with Gasteiger partial charge in [0.15, 0.2) is 0 Å². The molecule has 5 aromatic rings. The second-order valence-electron chi connectivity index (χ2n) is 8.87. The van der Waals surface area contributed by atoms with Gasteiger partial charge in [0.05, 0.1) is 6.16 Å². The smallest absolute Gasteiger partial charge is 0.123 e. The van der Waals surface area contributed by atoms with Crippen LogP contribution >= 0.6 is 7.26 Å². The van der Waals surface area contributed by atoms with E-state index >= 15 is 0 Å². The summed E-state index contributed by atoms with van der Waals surface area (Å²) in [6.45, 7) is 0. The maximum Gasteiger partial charge on any atom is 0.123 e. The van der Waals surface area contributed by atoms with Gasteiger partial charge in [0.1, 0.15) is 29.0 Å². The summed E-state index contributed by atoms with van der Waals surface area (Å²) in [5.41, 5.74) is 3.92. The zero-order chi connectivity index (χ0) is 23.9. The summed E-state index contributed by atoms with van der Waals surface area (Å²) in [5, 5.41) is 4.18. The molecule has 0 aliphatic carbocycles. The molecule has 2 heteroatoms. The second kappa shape index (κ2) is 10.8. The van der Waals surface area contributed by atoms with Crippen molar-refractivity contribution in [1.82, 2.24) is 0 Å². The second-order valence-corrected chi connectivity index (χ2v) is 12.4. The van der Waals surface area contributed by atoms with Crippen molar-refractivity contribution in [2.75, 3.05) is 0 Å². The van der Waals surface area contributed by atoms with Gasteiger partial charge >= 0.3 is 0 Å². The third kappa shape index (κ3) is 5.11. The van der Waals surface area contributed by atoms with Crippen LogP contribution in [0.1, 0.15) is 16.7 Å². The Morgan fingerprint density at radius 3 is 1.34 bits per heavy atom. The Bertz CT molecular complexity index is 1250. The number of halogens is 1. The minimum Gasteiger partial charge on any atom is -0.207 e. The van der Waals surface area contributed by atoms with Crippen molar-refractivity contribution in [3.63, 3.8) is 0 Å². The normalized spacial score (nSPS) is 11.3. The first-order chi connectivity index (χ1) is 17.3. The molecule has 0 fully saturated rings. The van der Waals surface area contributed by atoms with Gasteiger partial charge in [0.25, 0.3) is 0 Å². The number of rotatable bonds is 8. The highest BCUT2D eigenvalue weighted by Gasteiger charge is 2.45. The van der Waals surface area contributed by atoms with Gasteiger partial charge in [0.2, 0.25) is 0 Å². The number of hydrogen-bond donors (Lipinski definition) is 0. The predicted molar refractivity (Wildman–Crippen MR) is 149 cm³/mol. The first-order valence-electron chi connectivity index (χ1n) is 12.1. The molecule has 0 spiro atoms. The molecule has 0 saturated carbocycles. The molecule has 0 aliphatic heterocycles. The highest BCUT2D eigenvalue weighted by Crippen LogP contribution is 2.58. The largest absolute Gasteiger partial charge is 0.207 e. The third-order valence-corrected chi connectivity index (χ3v) is 11.1. The lowest BCUT2D eigenvalue weighted by atomic mass is 10.0. The van der Waals surface area contributed by atoms with E-state index in [-0.39, 0.29) is 5.82 Å². The van der Waals surface area contributed by atoms with E-state index in [4.69, 9.17) is 0 Å². The van der Waals surface area contributed by atoms with E-state index in [1.807, 2.05) is 12.1 Å². The van der Waals surface area contributed by atoms with E-state index in [9.17, 15) is 4.39 Å². The summed E-state index contributed by atoms with van der Waals surface area (Å²) in [6, 6.07) is 48.8. The van der Waals surface area contributed by atoms with E-state index in [0.717, 1.165) is 24.6 Å². The summed E-state index contributed by atoms with van der Waals surface area (Å²) in [7, 11) is -1.95. The average Bonchev–Trinajstić information content (AvgIpc) is 2.93. The molecule has 35 heavy (non-hydrogen) atoms. The Hall–Kier alpha value is -3.54. The molecule has 172 valence electrons. The minimum absolute atomic E-state index is 0.183. The molecular weight excluding hydrogens is 446 g/mol. The Kier molecular flexibility index (Phi) is 7.17. The van der Waals surface area contributed by atoms with Crippen LogP contribution < -0.4 is 15.9 Å². The van der Waals surface area contributed by atoms with Crippen LogP contribution in [0.3, 0.4) is 0 Å². The Balaban J connectivity index is 1.61. The lowest BCUT2D eigenvalue weighted by Crippen LogP contribution is -2.32. The van der Waals surface area contributed by atoms with Crippen LogP contribution in [-0.4, -0.2) is 0 Å². The van der Waals surface area contributed by atoms with Crippen molar-refractivity contribution in [3.8, 4) is 0 Å². The molecule has 0 radical (unpaired) electrons. The molecule has 0 unspecified atom stereocenters. The zero-order valence-electron chi connectivity index (χ0n) is 19.7. The van der Waals surface area contributed by atoms with Crippen LogP contribution in [0.15, 0.2) is 140 Å². The van der Waals surface area contributed by atoms with E-state index in [1.54, 1.807) is 12.1 Å². The molecule has 0 aromatic heterocycles. The van der Waals surface area contributed by atoms with Crippen molar-refractivity contribution in [2.45, 2.75) is 19.0 Å². The third-order valence-electron chi connectivity index (χ3n) is 6.71. The predicted octanol–water partition coefficient (Wildman–Crippen LogP) is 7.11. The van der Waals surface area contributed by atoms with Crippen LogP contribution in [0.25, 0.3) is 0 Å². The fourth-order valence-electron chi connectivity index (χ4n) is 4.91. The maximum absolute atomic E-state index is 13.4. The highest BCUT2D eigenvalue weighted by atomic mass is 31.2. The quantitative estimate of drug-likeness (QED) is 0.210. The minimum atomic E-state index is -1.95. The topological polar surface area (TPSA) is 0 Å². The van der Waals surface area contributed by atoms with Crippen molar-refractivity contribution < 1.29 is 4.39 Å². The van der Waals surface area contributed by atoms with Gasteiger partial charge in [-0.3, -0.25) is 0 Å². The van der Waals surface area contributed by atoms with Crippen molar-refractivity contribution in [3.05, 3.63) is 162 Å². The first kappa shape index (κ1) is 23.2. The molecule has 0 N–H and O–H groups in total. The van der Waals surface area contributed by atoms with Crippen LogP contribution in [0.4, 0.5) is 4.39 Å². The zero-order valence-corrected chi connectivity index (χ0v) is 20.6. The van der Waals surface area contributed by atoms with Gasteiger partial charge in [0, 0.05) is 0 Å². The molecule has 0 aliphatic rings. The van der Waals surface area contributed by atoms with Crippen LogP contribution in [0.2, 0.25) is 0 Å². The summed E-state index contributed by atoms with van der Waals surface area (Å²) in [6.07, 6.45) is 2.79. The van der Waals surface area contributed by atoms with E-state index < -0.39 is 7.26 Å². The summed E-state index contributed by atoms with van der Waals surface area (Å²) in [5.74, 6) is -0.183. The van der Waals surface area contributed by atoms with Gasteiger partial charge in [-0.25, -0.2) is 4.39 Å². The van der Waals surface area contributed by atoms with Gasteiger partial charge in [-0.15, -0.1) is 0 Å². The van der Waals surface area contributed by atoms with Gasteiger partial charge < -0.3 is 0 Å². The molecule has 5 aromatic carbocycles. The van der Waals surface area contributed by atoms with E-state index in [1.165, 1.54) is 27.0 Å². The van der Waals surface area contributed by atoms with Crippen LogP contribution in [-0.2, 0) is 19.0 Å². The fourth-order valence-corrected chi connectivity index (χ4v) is 9.21. The average molecular weight is 476 g/mol. The fraction of sp³-hybridized carbons (Fsp3) is 0.0909. The molecule has 0 amide bonds. The van der Waals surface area contributed by atoms with Crippen molar-refractivity contribution >= 4 is 23.2 Å². The van der Waals surface area contributed by atoms with Gasteiger partial charge in [-0.1, -0.05) is 91.0 Å². The van der Waals surface area contributed by atoms with E-state index in [0.29, 0.717) is 0 Å². The SMILES string of the molecule is Fc1ccc(CCc2ccccc2C[P+](c2ccccc2)(c2ccccc2)c2ccccc2)cc1. The summed E-state index contributed by atoms with van der Waals surface area (Å²) in [4.78, 5) is 0. The molecule has 0 nitrogen and oxygen atoms in total. The Labute approximate surface area is 208 Å².